The van der Waals surface area contributed by atoms with E-state index in [0.717, 1.165) is 18.2 Å². The van der Waals surface area contributed by atoms with Crippen LogP contribution < -0.4 is 5.32 Å². The molecule has 0 saturated carbocycles. The summed E-state index contributed by atoms with van der Waals surface area (Å²) in [7, 11) is 0. The van der Waals surface area contributed by atoms with Gasteiger partial charge in [0.25, 0.3) is 0 Å². The van der Waals surface area contributed by atoms with Crippen molar-refractivity contribution >= 4 is 17.3 Å². The first-order valence-corrected chi connectivity index (χ1v) is 7.23. The third-order valence-corrected chi connectivity index (χ3v) is 3.72. The highest BCUT2D eigenvalue weighted by molar-refractivity contribution is 7.80. The van der Waals surface area contributed by atoms with E-state index in [1.165, 1.54) is 5.56 Å². The van der Waals surface area contributed by atoms with Gasteiger partial charge in [0.1, 0.15) is 0 Å². The first-order chi connectivity index (χ1) is 9.06. The molecule has 0 aromatic heterocycles. The number of hydrogen-bond donors (Lipinski definition) is 1. The van der Waals surface area contributed by atoms with Crippen LogP contribution in [0.4, 0.5) is 0 Å². The largest absolute Gasteiger partial charge is 0.372 e. The van der Waals surface area contributed by atoms with Crippen molar-refractivity contribution in [1.29, 1.82) is 0 Å². The van der Waals surface area contributed by atoms with Crippen LogP contribution in [0, 0.1) is 0 Å². The summed E-state index contributed by atoms with van der Waals surface area (Å²) in [5, 5.41) is 4.23. The Kier molecular flexibility index (Phi) is 4.77. The predicted octanol–water partition coefficient (Wildman–Crippen LogP) is 2.73. The van der Waals surface area contributed by atoms with Crippen LogP contribution >= 0.6 is 12.2 Å². The fourth-order valence-electron chi connectivity index (χ4n) is 2.45. The van der Waals surface area contributed by atoms with Crippen molar-refractivity contribution < 1.29 is 4.74 Å². The lowest BCUT2D eigenvalue weighted by Gasteiger charge is -2.37. The second-order valence-corrected chi connectivity index (χ2v) is 5.63. The molecule has 104 valence electrons. The van der Waals surface area contributed by atoms with E-state index >= 15 is 0 Å². The summed E-state index contributed by atoms with van der Waals surface area (Å²) in [5.74, 6) is 0. The molecular formula is C15H22N2OS. The third kappa shape index (κ3) is 3.91. The Labute approximate surface area is 120 Å². The highest BCUT2D eigenvalue weighted by atomic mass is 32.1. The Morgan fingerprint density at radius 2 is 1.84 bits per heavy atom. The monoisotopic (exact) mass is 278 g/mol. The molecule has 1 aromatic carbocycles. The maximum atomic E-state index is 5.73. The van der Waals surface area contributed by atoms with Gasteiger partial charge in [-0.3, -0.25) is 0 Å². The van der Waals surface area contributed by atoms with Crippen molar-refractivity contribution in [3.05, 3.63) is 35.9 Å². The van der Waals surface area contributed by atoms with Crippen LogP contribution in [-0.2, 0) is 4.74 Å². The Morgan fingerprint density at radius 1 is 1.26 bits per heavy atom. The zero-order valence-electron chi connectivity index (χ0n) is 11.8. The molecule has 3 nitrogen and oxygen atoms in total. The van der Waals surface area contributed by atoms with Crippen molar-refractivity contribution in [2.24, 2.45) is 0 Å². The standard InChI is InChI=1S/C15H22N2OS/c1-11-9-17(10-12(2)18-11)15(19)16-13(3)14-7-5-4-6-8-14/h4-8,11-13H,9-10H2,1-3H3,(H,16,19)/t11-,12+,13-/m0/s1. The zero-order valence-corrected chi connectivity index (χ0v) is 12.6. The van der Waals surface area contributed by atoms with Crippen LogP contribution in [0.1, 0.15) is 32.4 Å². The molecule has 0 radical (unpaired) electrons. The maximum Gasteiger partial charge on any atom is 0.169 e. The van der Waals surface area contributed by atoms with E-state index < -0.39 is 0 Å². The number of thiocarbonyl (C=S) groups is 1. The van der Waals surface area contributed by atoms with Gasteiger partial charge in [-0.15, -0.1) is 0 Å². The first-order valence-electron chi connectivity index (χ1n) is 6.82. The number of hydrogen-bond acceptors (Lipinski definition) is 2. The second-order valence-electron chi connectivity index (χ2n) is 5.24. The predicted molar refractivity (Wildman–Crippen MR) is 82.2 cm³/mol. The molecule has 0 aliphatic carbocycles. The van der Waals surface area contributed by atoms with Gasteiger partial charge in [-0.1, -0.05) is 30.3 Å². The quantitative estimate of drug-likeness (QED) is 0.841. The van der Waals surface area contributed by atoms with Crippen molar-refractivity contribution in [3.8, 4) is 0 Å². The summed E-state index contributed by atoms with van der Waals surface area (Å²) in [6, 6.07) is 10.6. The molecule has 0 unspecified atom stereocenters. The maximum absolute atomic E-state index is 5.73. The van der Waals surface area contributed by atoms with Gasteiger partial charge in [-0.25, -0.2) is 0 Å². The van der Waals surface area contributed by atoms with Crippen LogP contribution in [0.3, 0.4) is 0 Å². The lowest BCUT2D eigenvalue weighted by molar-refractivity contribution is -0.0483. The molecule has 1 N–H and O–H groups in total. The average molecular weight is 278 g/mol. The van der Waals surface area contributed by atoms with Gasteiger partial charge in [-0.2, -0.15) is 0 Å². The van der Waals surface area contributed by atoms with Crippen molar-refractivity contribution in [2.75, 3.05) is 13.1 Å². The molecule has 1 saturated heterocycles. The number of ether oxygens (including phenoxy) is 1. The summed E-state index contributed by atoms with van der Waals surface area (Å²) in [6.07, 6.45) is 0.464. The van der Waals surface area contributed by atoms with E-state index in [0.29, 0.717) is 0 Å². The fourth-order valence-corrected chi connectivity index (χ4v) is 2.77. The zero-order chi connectivity index (χ0) is 13.8. The third-order valence-electron chi connectivity index (χ3n) is 3.35. The van der Waals surface area contributed by atoms with Crippen LogP contribution in [0.5, 0.6) is 0 Å². The highest BCUT2D eigenvalue weighted by Crippen LogP contribution is 2.14. The molecule has 0 spiro atoms. The number of benzene rings is 1. The summed E-state index contributed by atoms with van der Waals surface area (Å²) in [4.78, 5) is 2.20. The topological polar surface area (TPSA) is 24.5 Å². The Bertz CT molecular complexity index is 413. The molecule has 19 heavy (non-hydrogen) atoms. The summed E-state index contributed by atoms with van der Waals surface area (Å²) < 4.78 is 5.73. The minimum Gasteiger partial charge on any atom is -0.372 e. The Morgan fingerprint density at radius 3 is 2.42 bits per heavy atom. The molecule has 2 rings (SSSR count). The number of rotatable bonds is 2. The van der Waals surface area contributed by atoms with E-state index in [9.17, 15) is 0 Å². The molecule has 1 aliphatic heterocycles. The smallest absolute Gasteiger partial charge is 0.169 e. The van der Waals surface area contributed by atoms with Crippen LogP contribution in [-0.4, -0.2) is 35.3 Å². The average Bonchev–Trinajstić information content (AvgIpc) is 2.38. The van der Waals surface area contributed by atoms with Crippen molar-refractivity contribution in [2.45, 2.75) is 39.0 Å². The van der Waals surface area contributed by atoms with E-state index in [-0.39, 0.29) is 18.2 Å². The molecule has 1 aliphatic rings. The molecular weight excluding hydrogens is 256 g/mol. The van der Waals surface area contributed by atoms with E-state index in [1.807, 2.05) is 6.07 Å². The van der Waals surface area contributed by atoms with E-state index in [4.69, 9.17) is 17.0 Å². The van der Waals surface area contributed by atoms with Crippen LogP contribution in [0.25, 0.3) is 0 Å². The van der Waals surface area contributed by atoms with E-state index in [2.05, 4.69) is 55.3 Å². The van der Waals surface area contributed by atoms with Crippen molar-refractivity contribution in [1.82, 2.24) is 10.2 Å². The van der Waals surface area contributed by atoms with Gasteiger partial charge < -0.3 is 15.0 Å². The van der Waals surface area contributed by atoms with Gasteiger partial charge in [0, 0.05) is 13.1 Å². The molecule has 1 heterocycles. The van der Waals surface area contributed by atoms with Gasteiger partial charge in [0.05, 0.1) is 18.2 Å². The first kappa shape index (κ1) is 14.3. The summed E-state index contributed by atoms with van der Waals surface area (Å²) >= 11 is 5.52. The van der Waals surface area contributed by atoms with Gasteiger partial charge >= 0.3 is 0 Å². The molecule has 1 aromatic rings. The normalized spacial score (nSPS) is 24.9. The van der Waals surface area contributed by atoms with Crippen LogP contribution in [0.15, 0.2) is 30.3 Å². The van der Waals surface area contributed by atoms with Crippen LogP contribution in [0.2, 0.25) is 0 Å². The summed E-state index contributed by atoms with van der Waals surface area (Å²) in [6.45, 7) is 8.03. The molecule has 3 atom stereocenters. The van der Waals surface area contributed by atoms with E-state index in [1.54, 1.807) is 0 Å². The minimum atomic E-state index is 0.224. The second kappa shape index (κ2) is 6.35. The number of nitrogens with zero attached hydrogens (tertiary/aromatic N) is 1. The molecule has 0 bridgehead atoms. The molecule has 1 fully saturated rings. The molecule has 4 heteroatoms. The SMILES string of the molecule is C[C@@H]1CN(C(=S)N[C@@H](C)c2ccccc2)C[C@H](C)O1. The Balaban J connectivity index is 1.93. The number of nitrogens with one attached hydrogen (secondary N) is 1. The van der Waals surface area contributed by atoms with Crippen molar-refractivity contribution in [3.63, 3.8) is 0 Å². The highest BCUT2D eigenvalue weighted by Gasteiger charge is 2.24. The lowest BCUT2D eigenvalue weighted by atomic mass is 10.1. The van der Waals surface area contributed by atoms with Gasteiger partial charge in [-0.05, 0) is 38.6 Å². The lowest BCUT2D eigenvalue weighted by Crippen LogP contribution is -2.51. The fraction of sp³-hybridized carbons (Fsp3) is 0.533. The Hall–Kier alpha value is -1.13. The van der Waals surface area contributed by atoms with Gasteiger partial charge in [0.15, 0.2) is 5.11 Å². The minimum absolute atomic E-state index is 0.224. The summed E-state index contributed by atoms with van der Waals surface area (Å²) in [5.41, 5.74) is 1.25. The van der Waals surface area contributed by atoms with Gasteiger partial charge in [0.2, 0.25) is 0 Å². The molecule has 0 amide bonds. The number of morpholine rings is 1.